The Hall–Kier alpha value is -7.70. The van der Waals surface area contributed by atoms with Crippen molar-refractivity contribution in [3.8, 4) is 0 Å². The number of aliphatic carboxylic acids is 4. The van der Waals surface area contributed by atoms with Crippen molar-refractivity contribution in [3.63, 3.8) is 0 Å². The number of pyridine rings is 1. The number of carbonyl (C=O) groups is 9. The van der Waals surface area contributed by atoms with Crippen LogP contribution in [0.1, 0.15) is 63.9 Å². The number of amides is 6. The minimum atomic E-state index is -1.94. The summed E-state index contributed by atoms with van der Waals surface area (Å²) in [6.07, 6.45) is 0.661. The van der Waals surface area contributed by atoms with Gasteiger partial charge >= 0.3 is 29.9 Å². The maximum Gasteiger partial charge on any atom is 0.336 e. The van der Waals surface area contributed by atoms with Crippen LogP contribution < -0.4 is 37.3 Å². The van der Waals surface area contributed by atoms with Crippen LogP contribution in [-0.4, -0.2) is 114 Å². The molecule has 23 heteroatoms. The Labute approximate surface area is 389 Å². The molecule has 66 heavy (non-hydrogen) atoms. The van der Waals surface area contributed by atoms with Crippen LogP contribution in [0.5, 0.6) is 0 Å². The second-order valence-electron chi connectivity index (χ2n) is 14.5. The normalized spacial score (nSPS) is 12.7. The molecule has 1 aromatic heterocycles. The average molecular weight is 1020 g/mol. The largest absolute Gasteiger partial charge is 0.481 e. The number of hydrogen-bond acceptors (Lipinski definition) is 12. The number of aromatic nitrogens is 1. The molecular formula is C43H46IN9O13. The predicted octanol–water partition coefficient (Wildman–Crippen LogP) is 2.22. The van der Waals surface area contributed by atoms with Crippen LogP contribution in [0.2, 0.25) is 0 Å². The molecule has 0 aliphatic rings. The van der Waals surface area contributed by atoms with Crippen LogP contribution in [0.25, 0.3) is 10.8 Å². The molecule has 0 saturated carbocycles. The molecule has 0 aliphatic heterocycles. The first-order chi connectivity index (χ1) is 31.5. The summed E-state index contributed by atoms with van der Waals surface area (Å²) in [5.41, 5.74) is 3.98. The Bertz CT molecular complexity index is 2440. The SMILES string of the molecule is O=C(O)CCC(NC(=O)NC(CCCCNC(=O)C(Cc1ccc2ccccc2c1)NC(=O)c1ccc(CNC(=O)C(NC(=O)c2ccc(N/N=C/I)nc2)C(=O)O)cc1)C(=O)O)C(=O)O. The predicted molar refractivity (Wildman–Crippen MR) is 245 cm³/mol. The molecule has 6 amide bonds. The van der Waals surface area contributed by atoms with Crippen LogP contribution in [0.3, 0.4) is 0 Å². The maximum atomic E-state index is 13.6. The van der Waals surface area contributed by atoms with E-state index >= 15 is 0 Å². The van der Waals surface area contributed by atoms with E-state index in [-0.39, 0.29) is 49.9 Å². The first kappa shape index (κ1) is 50.9. The molecule has 348 valence electrons. The van der Waals surface area contributed by atoms with E-state index in [2.05, 4.69) is 47.4 Å². The number of rotatable bonds is 25. The monoisotopic (exact) mass is 1020 g/mol. The molecule has 1 heterocycles. The van der Waals surface area contributed by atoms with Crippen LogP contribution in [0, 0.1) is 0 Å². The van der Waals surface area contributed by atoms with Crippen molar-refractivity contribution < 1.29 is 63.6 Å². The highest BCUT2D eigenvalue weighted by Gasteiger charge is 2.29. The third-order valence-electron chi connectivity index (χ3n) is 9.67. The van der Waals surface area contributed by atoms with Crippen molar-refractivity contribution in [2.75, 3.05) is 12.0 Å². The molecule has 22 nitrogen and oxygen atoms in total. The lowest BCUT2D eigenvalue weighted by Gasteiger charge is -2.20. The maximum absolute atomic E-state index is 13.6. The molecule has 0 aliphatic carbocycles. The molecule has 0 spiro atoms. The van der Waals surface area contributed by atoms with E-state index in [9.17, 15) is 58.5 Å². The Balaban J connectivity index is 1.34. The van der Waals surface area contributed by atoms with Crippen molar-refractivity contribution in [2.45, 2.75) is 69.2 Å². The summed E-state index contributed by atoms with van der Waals surface area (Å²) < 4.78 is 1.46. The molecule has 0 saturated heterocycles. The van der Waals surface area contributed by atoms with E-state index in [4.69, 9.17) is 5.11 Å². The third kappa shape index (κ3) is 16.5. The zero-order valence-electron chi connectivity index (χ0n) is 34.9. The molecule has 11 N–H and O–H groups in total. The number of fused-ring (bicyclic) bond motifs is 1. The van der Waals surface area contributed by atoms with Gasteiger partial charge < -0.3 is 52.3 Å². The number of benzene rings is 3. The van der Waals surface area contributed by atoms with Crippen LogP contribution in [0.15, 0.2) is 90.2 Å². The number of nitrogens with zero attached hydrogens (tertiary/aromatic N) is 2. The van der Waals surface area contributed by atoms with Gasteiger partial charge in [0.1, 0.15) is 23.9 Å². The number of anilines is 1. The van der Waals surface area contributed by atoms with Gasteiger partial charge in [-0.2, -0.15) is 5.10 Å². The van der Waals surface area contributed by atoms with Crippen LogP contribution in [0.4, 0.5) is 10.6 Å². The zero-order valence-corrected chi connectivity index (χ0v) is 37.0. The van der Waals surface area contributed by atoms with E-state index < -0.39 is 90.5 Å². The summed E-state index contributed by atoms with van der Waals surface area (Å²) in [5.74, 6) is -8.47. The number of halogens is 1. The lowest BCUT2D eigenvalue weighted by molar-refractivity contribution is -0.144. The summed E-state index contributed by atoms with van der Waals surface area (Å²) >= 11 is 1.89. The Morgan fingerprint density at radius 1 is 0.636 bits per heavy atom. The second kappa shape index (κ2) is 25.6. The minimum absolute atomic E-state index is 0.00164. The fraction of sp³-hybridized carbons (Fsp3) is 0.279. The highest BCUT2D eigenvalue weighted by Crippen LogP contribution is 2.17. The van der Waals surface area contributed by atoms with Gasteiger partial charge in [0.2, 0.25) is 11.9 Å². The summed E-state index contributed by atoms with van der Waals surface area (Å²) in [6, 6.07) is 14.8. The molecule has 0 radical (unpaired) electrons. The van der Waals surface area contributed by atoms with E-state index in [1.807, 2.05) is 65.1 Å². The summed E-state index contributed by atoms with van der Waals surface area (Å²) in [5, 5.41) is 57.4. The number of carbonyl (C=O) groups excluding carboxylic acids is 5. The van der Waals surface area contributed by atoms with Gasteiger partial charge in [-0.3, -0.25) is 29.4 Å². The Kier molecular flexibility index (Phi) is 19.7. The highest BCUT2D eigenvalue weighted by atomic mass is 127. The molecule has 4 unspecified atom stereocenters. The van der Waals surface area contributed by atoms with Gasteiger partial charge in [0.05, 0.1) is 9.78 Å². The molecule has 4 atom stereocenters. The Morgan fingerprint density at radius 3 is 1.89 bits per heavy atom. The van der Waals surface area contributed by atoms with E-state index in [1.165, 1.54) is 46.8 Å². The lowest BCUT2D eigenvalue weighted by Crippen LogP contribution is -2.51. The molecule has 3 aromatic carbocycles. The number of carboxylic acid groups (broad SMARTS) is 4. The number of urea groups is 1. The number of hydrogen-bond donors (Lipinski definition) is 11. The zero-order chi connectivity index (χ0) is 48.2. The van der Waals surface area contributed by atoms with Gasteiger partial charge in [0.15, 0.2) is 0 Å². The van der Waals surface area contributed by atoms with Crippen molar-refractivity contribution in [2.24, 2.45) is 5.10 Å². The van der Waals surface area contributed by atoms with E-state index in [0.717, 1.165) is 16.3 Å². The minimum Gasteiger partial charge on any atom is -0.481 e. The number of carboxylic acids is 4. The smallest absolute Gasteiger partial charge is 0.336 e. The third-order valence-corrected chi connectivity index (χ3v) is 9.95. The van der Waals surface area contributed by atoms with Gasteiger partial charge in [-0.25, -0.2) is 24.2 Å². The van der Waals surface area contributed by atoms with Gasteiger partial charge in [-0.15, -0.1) is 0 Å². The topological polar surface area (TPSA) is 344 Å². The summed E-state index contributed by atoms with van der Waals surface area (Å²) in [4.78, 5) is 115. The molecule has 0 bridgehead atoms. The van der Waals surface area contributed by atoms with Crippen LogP contribution >= 0.6 is 22.6 Å². The van der Waals surface area contributed by atoms with Gasteiger partial charge in [-0.05, 0) is 94.4 Å². The molecule has 0 fully saturated rings. The first-order valence-electron chi connectivity index (χ1n) is 20.1. The summed E-state index contributed by atoms with van der Waals surface area (Å²) in [7, 11) is 0. The van der Waals surface area contributed by atoms with Crippen molar-refractivity contribution in [1.29, 1.82) is 0 Å². The standard InChI is InChI=1S/C43H46IN9O13/c44-23-48-53-33-16-14-29(22-46-33)37(57)52-35(42(64)65)39(59)47-21-24-8-12-27(13-9-24)36(56)49-32(20-25-10-11-26-5-1-2-6-28(26)19-25)38(58)45-18-4-3-7-30(40(60)61)50-43(66)51-31(41(62)63)15-17-34(54)55/h1-2,5-6,8-14,16,19,22-23,30-32,35H,3-4,7,15,17-18,20-21H2,(H,45,58)(H,46,53)(H,47,59)(H,49,56)(H,52,57)(H,54,55)(H,60,61)(H,62,63)(H,64,65)(H2,50,51,66)/b48-23+. The lowest BCUT2D eigenvalue weighted by atomic mass is 10.0. The Morgan fingerprint density at radius 2 is 1.27 bits per heavy atom. The number of unbranched alkanes of at least 4 members (excludes halogenated alkanes) is 1. The quantitative estimate of drug-likeness (QED) is 0.0149. The number of nitrogens with one attached hydrogen (secondary N) is 7. The van der Waals surface area contributed by atoms with Gasteiger partial charge in [0, 0.05) is 37.7 Å². The molecule has 4 rings (SSSR count). The fourth-order valence-electron chi connectivity index (χ4n) is 6.21. The molecular weight excluding hydrogens is 977 g/mol. The first-order valence-corrected chi connectivity index (χ1v) is 21.3. The fourth-order valence-corrected chi connectivity index (χ4v) is 6.34. The van der Waals surface area contributed by atoms with Crippen molar-refractivity contribution in [3.05, 3.63) is 107 Å². The highest BCUT2D eigenvalue weighted by molar-refractivity contribution is 14.1. The average Bonchev–Trinajstić information content (AvgIpc) is 3.29. The van der Waals surface area contributed by atoms with E-state index in [0.29, 0.717) is 11.4 Å². The number of hydrazone groups is 1. The van der Waals surface area contributed by atoms with E-state index in [1.54, 1.807) is 0 Å². The van der Waals surface area contributed by atoms with Crippen LogP contribution in [-0.2, 0) is 41.7 Å². The van der Waals surface area contributed by atoms with Crippen molar-refractivity contribution >= 4 is 96.9 Å². The summed E-state index contributed by atoms with van der Waals surface area (Å²) in [6.45, 7) is -0.107. The van der Waals surface area contributed by atoms with Crippen molar-refractivity contribution in [1.82, 2.24) is 36.9 Å². The second-order valence-corrected chi connectivity index (χ2v) is 15.0. The van der Waals surface area contributed by atoms with Gasteiger partial charge in [-0.1, -0.05) is 54.6 Å². The molecule has 4 aromatic rings. The van der Waals surface area contributed by atoms with Gasteiger partial charge in [0.25, 0.3) is 17.7 Å².